The van der Waals surface area contributed by atoms with Gasteiger partial charge in [-0.25, -0.2) is 0 Å². The van der Waals surface area contributed by atoms with Gasteiger partial charge in [0, 0.05) is 17.9 Å². The highest BCUT2D eigenvalue weighted by Gasteiger charge is 2.40. The number of nitrogens with one attached hydrogen (secondary N) is 1. The first-order valence-corrected chi connectivity index (χ1v) is 9.59. The first-order chi connectivity index (χ1) is 13.0. The number of nitrogens with two attached hydrogens (primary N) is 1. The Labute approximate surface area is 160 Å². The van der Waals surface area contributed by atoms with E-state index in [1.54, 1.807) is 17.0 Å². The Balaban J connectivity index is 1.88. The molecule has 1 saturated heterocycles. The molecule has 7 nitrogen and oxygen atoms in total. The van der Waals surface area contributed by atoms with Crippen LogP contribution in [0.15, 0.2) is 30.6 Å². The van der Waals surface area contributed by atoms with Crippen molar-refractivity contribution >= 4 is 11.7 Å². The third-order valence-electron chi connectivity index (χ3n) is 5.96. The van der Waals surface area contributed by atoms with Gasteiger partial charge in [0.1, 0.15) is 5.56 Å². The van der Waals surface area contributed by atoms with Gasteiger partial charge in [0.25, 0.3) is 5.91 Å². The fourth-order valence-electron chi connectivity index (χ4n) is 4.11. The number of allylic oxidation sites excluding steroid dienone is 2. The smallest absolute Gasteiger partial charge is 0.254 e. The van der Waals surface area contributed by atoms with Crippen molar-refractivity contribution in [2.45, 2.75) is 57.0 Å². The normalized spacial score (nSPS) is 26.1. The number of aromatic nitrogens is 2. The van der Waals surface area contributed by atoms with Crippen LogP contribution < -0.4 is 11.1 Å². The Morgan fingerprint density at radius 3 is 2.70 bits per heavy atom. The van der Waals surface area contributed by atoms with Gasteiger partial charge >= 0.3 is 0 Å². The molecule has 3 rings (SSSR count). The number of anilines is 1. The molecule has 144 valence electrons. The summed E-state index contributed by atoms with van der Waals surface area (Å²) in [6, 6.07) is 2.93. The van der Waals surface area contributed by atoms with E-state index in [0.717, 1.165) is 31.4 Å². The molecule has 2 aliphatic rings. The zero-order chi connectivity index (χ0) is 19.4. The van der Waals surface area contributed by atoms with E-state index in [4.69, 9.17) is 5.73 Å². The van der Waals surface area contributed by atoms with E-state index < -0.39 is 5.91 Å². The van der Waals surface area contributed by atoms with E-state index in [1.165, 1.54) is 19.5 Å². The van der Waals surface area contributed by atoms with Crippen molar-refractivity contribution in [3.63, 3.8) is 0 Å². The minimum atomic E-state index is -0.537. The maximum atomic E-state index is 11.9. The topological polar surface area (TPSA) is 100.0 Å². The van der Waals surface area contributed by atoms with Crippen molar-refractivity contribution in [3.05, 3.63) is 36.2 Å². The Hall–Kier alpha value is -2.59. The van der Waals surface area contributed by atoms with Crippen LogP contribution in [0, 0.1) is 11.3 Å². The molecule has 0 unspecified atom stereocenters. The van der Waals surface area contributed by atoms with Gasteiger partial charge in [0.05, 0.1) is 18.0 Å². The first-order valence-electron chi connectivity index (χ1n) is 9.59. The number of hydrogen-bond donors (Lipinski definition) is 2. The first kappa shape index (κ1) is 19.2. The average molecular weight is 368 g/mol. The van der Waals surface area contributed by atoms with E-state index in [0.29, 0.717) is 23.8 Å². The van der Waals surface area contributed by atoms with Crippen molar-refractivity contribution in [2.24, 2.45) is 5.73 Å². The molecule has 2 heterocycles. The monoisotopic (exact) mass is 368 g/mol. The third kappa shape index (κ3) is 3.76. The lowest BCUT2D eigenvalue weighted by molar-refractivity contribution is 0.0501. The number of nitriles is 1. The highest BCUT2D eigenvalue weighted by atomic mass is 16.1. The Kier molecular flexibility index (Phi) is 5.66. The molecule has 0 bridgehead atoms. The van der Waals surface area contributed by atoms with Crippen molar-refractivity contribution in [1.29, 1.82) is 5.26 Å². The van der Waals surface area contributed by atoms with Gasteiger partial charge < -0.3 is 16.0 Å². The summed E-state index contributed by atoms with van der Waals surface area (Å²) in [5.74, 6) is -0.123. The molecule has 0 radical (unpaired) electrons. The van der Waals surface area contributed by atoms with Crippen LogP contribution in [0.4, 0.5) is 5.82 Å². The number of hydrogen-bond acceptors (Lipinski definition) is 5. The molecular weight excluding hydrogens is 340 g/mol. The lowest BCUT2D eigenvalue weighted by Gasteiger charge is -2.45. The van der Waals surface area contributed by atoms with E-state index in [1.807, 2.05) is 13.0 Å². The van der Waals surface area contributed by atoms with E-state index >= 15 is 0 Å². The van der Waals surface area contributed by atoms with Crippen LogP contribution in [0.5, 0.6) is 0 Å². The number of nitrogens with zero attached hydrogens (tertiary/aromatic N) is 4. The van der Waals surface area contributed by atoms with Crippen LogP contribution in [-0.2, 0) is 5.54 Å². The molecule has 27 heavy (non-hydrogen) atoms. The molecule has 2 fully saturated rings. The highest BCUT2D eigenvalue weighted by Crippen LogP contribution is 2.40. The summed E-state index contributed by atoms with van der Waals surface area (Å²) in [4.78, 5) is 14.5. The van der Waals surface area contributed by atoms with Crippen molar-refractivity contribution in [1.82, 2.24) is 14.7 Å². The van der Waals surface area contributed by atoms with Crippen LogP contribution >= 0.6 is 0 Å². The van der Waals surface area contributed by atoms with E-state index in [-0.39, 0.29) is 5.54 Å². The quantitative estimate of drug-likeness (QED) is 0.721. The molecule has 3 N–H and O–H groups in total. The number of carbonyl (C=O) groups excluding carboxylic acids is 1. The van der Waals surface area contributed by atoms with Crippen LogP contribution in [0.3, 0.4) is 0 Å². The Morgan fingerprint density at radius 1 is 1.52 bits per heavy atom. The van der Waals surface area contributed by atoms with Crippen molar-refractivity contribution in [2.75, 3.05) is 18.4 Å². The lowest BCUT2D eigenvalue weighted by Crippen LogP contribution is -2.50. The van der Waals surface area contributed by atoms with Gasteiger partial charge in [0.2, 0.25) is 0 Å². The van der Waals surface area contributed by atoms with Crippen LogP contribution in [0.1, 0.15) is 55.8 Å². The van der Waals surface area contributed by atoms with Gasteiger partial charge in [-0.05, 0) is 58.2 Å². The molecule has 1 amide bonds. The molecule has 0 spiro atoms. The number of rotatable bonds is 7. The summed E-state index contributed by atoms with van der Waals surface area (Å²) < 4.78 is 1.81. The third-order valence-corrected chi connectivity index (χ3v) is 5.96. The van der Waals surface area contributed by atoms with Crippen LogP contribution in [0.25, 0.3) is 0 Å². The largest absolute Gasteiger partial charge is 0.365 e. The molecular formula is C20H28N6O. The molecule has 1 aliphatic carbocycles. The van der Waals surface area contributed by atoms with Crippen molar-refractivity contribution < 1.29 is 4.79 Å². The molecule has 0 atom stereocenters. The minimum Gasteiger partial charge on any atom is -0.365 e. The fourth-order valence-corrected chi connectivity index (χ4v) is 4.11. The Bertz CT molecular complexity index is 775. The van der Waals surface area contributed by atoms with Gasteiger partial charge in [0.15, 0.2) is 5.82 Å². The van der Waals surface area contributed by atoms with Crippen LogP contribution in [0.2, 0.25) is 0 Å². The number of likely N-dealkylation sites (tertiary alicyclic amines) is 1. The minimum absolute atomic E-state index is 0.332. The standard InChI is InChI=1S/C20H28N6O/c1-3-15(4-2)23-19-17(18(22)27)14-26(24-19)20(10-11-21)8-6-16(7-9-20)25-12-5-13-25/h3-4,14,16H,1,5-10,12-13H2,2H3,(H2,22,27)(H,23,24)/b15-4+. The SMILES string of the molecule is C=C/C(=C\C)Nc1nn(C2(CC#N)CCC(N3CCC3)CC2)cc1C(N)=O. The predicted molar refractivity (Wildman–Crippen MR) is 105 cm³/mol. The fraction of sp³-hybridized carbons (Fsp3) is 0.550. The maximum Gasteiger partial charge on any atom is 0.254 e. The summed E-state index contributed by atoms with van der Waals surface area (Å²) in [6.45, 7) is 8.00. The summed E-state index contributed by atoms with van der Waals surface area (Å²) in [6.07, 6.45) is 10.7. The van der Waals surface area contributed by atoms with Gasteiger partial charge in [-0.1, -0.05) is 12.7 Å². The lowest BCUT2D eigenvalue weighted by atomic mass is 9.76. The zero-order valence-electron chi connectivity index (χ0n) is 15.9. The number of carbonyl (C=O) groups is 1. The van der Waals surface area contributed by atoms with Gasteiger partial charge in [-0.3, -0.25) is 9.48 Å². The number of primary amides is 1. The van der Waals surface area contributed by atoms with Crippen molar-refractivity contribution in [3.8, 4) is 6.07 Å². The Morgan fingerprint density at radius 2 is 2.22 bits per heavy atom. The average Bonchev–Trinajstić information content (AvgIpc) is 3.05. The van der Waals surface area contributed by atoms with Gasteiger partial charge in [-0.15, -0.1) is 0 Å². The molecule has 1 aromatic heterocycles. The summed E-state index contributed by atoms with van der Waals surface area (Å²) in [5.41, 5.74) is 6.27. The van der Waals surface area contributed by atoms with E-state index in [9.17, 15) is 10.1 Å². The number of amides is 1. The van der Waals surface area contributed by atoms with E-state index in [2.05, 4.69) is 28.0 Å². The summed E-state index contributed by atoms with van der Waals surface area (Å²) in [5, 5.41) is 17.2. The van der Waals surface area contributed by atoms with Gasteiger partial charge in [-0.2, -0.15) is 10.4 Å². The second kappa shape index (κ2) is 7.97. The highest BCUT2D eigenvalue weighted by molar-refractivity contribution is 5.97. The molecule has 1 aromatic rings. The molecule has 7 heteroatoms. The molecule has 1 saturated carbocycles. The maximum absolute atomic E-state index is 11.9. The summed E-state index contributed by atoms with van der Waals surface area (Å²) >= 11 is 0. The zero-order valence-corrected chi connectivity index (χ0v) is 15.9. The second-order valence-electron chi connectivity index (χ2n) is 7.45. The molecule has 0 aromatic carbocycles. The van der Waals surface area contributed by atoms with Crippen LogP contribution in [-0.4, -0.2) is 39.7 Å². The summed E-state index contributed by atoms with van der Waals surface area (Å²) in [7, 11) is 0. The molecule has 1 aliphatic heterocycles. The second-order valence-corrected chi connectivity index (χ2v) is 7.45. The predicted octanol–water partition coefficient (Wildman–Crippen LogP) is 2.74.